The van der Waals surface area contributed by atoms with E-state index in [1.54, 1.807) is 30.7 Å². The summed E-state index contributed by atoms with van der Waals surface area (Å²) in [5.74, 6) is 0.264. The van der Waals surface area contributed by atoms with Gasteiger partial charge in [0.25, 0.3) is 0 Å². The summed E-state index contributed by atoms with van der Waals surface area (Å²) < 4.78 is 0. The van der Waals surface area contributed by atoms with Gasteiger partial charge in [-0.1, -0.05) is 6.07 Å². The zero-order valence-corrected chi connectivity index (χ0v) is 7.57. The van der Waals surface area contributed by atoms with Crippen molar-refractivity contribution in [3.8, 4) is 5.75 Å². The summed E-state index contributed by atoms with van der Waals surface area (Å²) in [5.41, 5.74) is 1.90. The smallest absolute Gasteiger partial charge is 0.117 e. The molecule has 1 aromatic carbocycles. The van der Waals surface area contributed by atoms with Gasteiger partial charge in [-0.2, -0.15) is 0 Å². The highest BCUT2D eigenvalue weighted by atomic mass is 16.3. The lowest BCUT2D eigenvalue weighted by molar-refractivity contribution is 0.475. The first-order valence-electron chi connectivity index (χ1n) is 4.35. The van der Waals surface area contributed by atoms with E-state index < -0.39 is 0 Å². The van der Waals surface area contributed by atoms with Crippen LogP contribution >= 0.6 is 0 Å². The first-order valence-corrected chi connectivity index (χ1v) is 4.35. The zero-order valence-electron chi connectivity index (χ0n) is 7.57. The lowest BCUT2D eigenvalue weighted by Crippen LogP contribution is -1.98. The molecule has 0 amide bonds. The number of phenols is 1. The van der Waals surface area contributed by atoms with Crippen molar-refractivity contribution in [2.75, 3.05) is 5.32 Å². The van der Waals surface area contributed by atoms with Gasteiger partial charge in [0.1, 0.15) is 5.75 Å². The number of anilines is 1. The summed E-state index contributed by atoms with van der Waals surface area (Å²) in [6, 6.07) is 7.01. The van der Waals surface area contributed by atoms with Crippen molar-refractivity contribution in [3.63, 3.8) is 0 Å². The molecule has 4 nitrogen and oxygen atoms in total. The van der Waals surface area contributed by atoms with Crippen LogP contribution in [-0.4, -0.2) is 15.1 Å². The van der Waals surface area contributed by atoms with Crippen molar-refractivity contribution >= 4 is 5.69 Å². The summed E-state index contributed by atoms with van der Waals surface area (Å²) >= 11 is 0. The van der Waals surface area contributed by atoms with Crippen molar-refractivity contribution in [1.29, 1.82) is 0 Å². The van der Waals surface area contributed by atoms with E-state index in [0.717, 1.165) is 11.4 Å². The molecule has 0 spiro atoms. The summed E-state index contributed by atoms with van der Waals surface area (Å²) in [6.45, 7) is 0.670. The largest absolute Gasteiger partial charge is 0.508 e. The van der Waals surface area contributed by atoms with Gasteiger partial charge in [0.15, 0.2) is 0 Å². The minimum Gasteiger partial charge on any atom is -0.508 e. The first-order chi connectivity index (χ1) is 6.84. The second kappa shape index (κ2) is 3.83. The number of hydrogen-bond acceptors (Lipinski definition) is 3. The Bertz CT molecular complexity index is 398. The fourth-order valence-corrected chi connectivity index (χ4v) is 1.19. The molecule has 4 heteroatoms. The van der Waals surface area contributed by atoms with Crippen LogP contribution in [0.3, 0.4) is 0 Å². The third-order valence-electron chi connectivity index (χ3n) is 1.88. The van der Waals surface area contributed by atoms with Crippen LogP contribution in [0.15, 0.2) is 36.8 Å². The molecule has 1 aromatic heterocycles. The molecule has 2 aromatic rings. The summed E-state index contributed by atoms with van der Waals surface area (Å²) in [7, 11) is 0. The van der Waals surface area contributed by atoms with Crippen molar-refractivity contribution in [2.45, 2.75) is 6.54 Å². The van der Waals surface area contributed by atoms with E-state index in [2.05, 4.69) is 15.3 Å². The molecular weight excluding hydrogens is 178 g/mol. The molecule has 0 unspecified atom stereocenters. The number of phenolic OH excluding ortho intramolecular Hbond substituents is 1. The van der Waals surface area contributed by atoms with Gasteiger partial charge in [-0.05, 0) is 12.1 Å². The Kier molecular flexibility index (Phi) is 2.36. The Morgan fingerprint density at radius 3 is 3.07 bits per heavy atom. The van der Waals surface area contributed by atoms with Crippen LogP contribution in [0.25, 0.3) is 0 Å². The standard InChI is InChI=1S/C10H11N3O/c14-10-3-1-2-8(4-10)12-6-9-5-11-7-13-9/h1-5,7,12,14H,6H2,(H,11,13). The van der Waals surface area contributed by atoms with Crippen LogP contribution in [0.4, 0.5) is 5.69 Å². The first kappa shape index (κ1) is 8.62. The second-order valence-corrected chi connectivity index (χ2v) is 2.98. The number of aromatic nitrogens is 2. The maximum absolute atomic E-state index is 9.21. The maximum atomic E-state index is 9.21. The van der Waals surface area contributed by atoms with Crippen LogP contribution in [0.2, 0.25) is 0 Å². The average Bonchev–Trinajstić information content (AvgIpc) is 2.67. The minimum atomic E-state index is 0.264. The number of imidazole rings is 1. The van der Waals surface area contributed by atoms with Gasteiger partial charge in [-0.25, -0.2) is 4.98 Å². The monoisotopic (exact) mass is 189 g/mol. The highest BCUT2D eigenvalue weighted by Gasteiger charge is 1.95. The van der Waals surface area contributed by atoms with Gasteiger partial charge >= 0.3 is 0 Å². The van der Waals surface area contributed by atoms with Gasteiger partial charge < -0.3 is 15.4 Å². The Hall–Kier alpha value is -1.97. The molecule has 0 aliphatic carbocycles. The van der Waals surface area contributed by atoms with Crippen molar-refractivity contribution < 1.29 is 5.11 Å². The number of benzene rings is 1. The Balaban J connectivity index is 1.98. The average molecular weight is 189 g/mol. The number of aromatic amines is 1. The molecule has 0 saturated carbocycles. The van der Waals surface area contributed by atoms with Crippen molar-refractivity contribution in [2.24, 2.45) is 0 Å². The fraction of sp³-hybridized carbons (Fsp3) is 0.100. The molecule has 3 N–H and O–H groups in total. The Morgan fingerprint density at radius 2 is 2.36 bits per heavy atom. The lowest BCUT2D eigenvalue weighted by Gasteiger charge is -2.04. The number of aromatic hydroxyl groups is 1. The summed E-state index contributed by atoms with van der Waals surface area (Å²) in [6.07, 6.45) is 3.40. The third kappa shape index (κ3) is 2.04. The molecule has 14 heavy (non-hydrogen) atoms. The van der Waals surface area contributed by atoms with Gasteiger partial charge in [0, 0.05) is 18.0 Å². The second-order valence-electron chi connectivity index (χ2n) is 2.98. The van der Waals surface area contributed by atoms with Crippen LogP contribution in [0, 0.1) is 0 Å². The highest BCUT2D eigenvalue weighted by molar-refractivity contribution is 5.47. The lowest BCUT2D eigenvalue weighted by atomic mass is 10.3. The topological polar surface area (TPSA) is 60.9 Å². The highest BCUT2D eigenvalue weighted by Crippen LogP contribution is 2.15. The van der Waals surface area contributed by atoms with E-state index in [-0.39, 0.29) is 5.75 Å². The molecule has 0 aliphatic heterocycles. The Morgan fingerprint density at radius 1 is 1.43 bits per heavy atom. The molecular formula is C10H11N3O. The minimum absolute atomic E-state index is 0.264. The molecule has 0 saturated heterocycles. The molecule has 0 aliphatic rings. The number of nitrogens with zero attached hydrogens (tertiary/aromatic N) is 1. The SMILES string of the molecule is Oc1cccc(NCc2cnc[nH]2)c1. The quantitative estimate of drug-likeness (QED) is 0.689. The fourth-order valence-electron chi connectivity index (χ4n) is 1.19. The molecule has 0 fully saturated rings. The van der Waals surface area contributed by atoms with E-state index in [4.69, 9.17) is 0 Å². The maximum Gasteiger partial charge on any atom is 0.117 e. The van der Waals surface area contributed by atoms with Crippen LogP contribution in [0.1, 0.15) is 5.69 Å². The van der Waals surface area contributed by atoms with Crippen LogP contribution in [-0.2, 0) is 6.54 Å². The summed E-state index contributed by atoms with van der Waals surface area (Å²) in [4.78, 5) is 6.89. The number of rotatable bonds is 3. The predicted molar refractivity (Wildman–Crippen MR) is 54.0 cm³/mol. The number of H-pyrrole nitrogens is 1. The van der Waals surface area contributed by atoms with Gasteiger partial charge in [-0.3, -0.25) is 0 Å². The van der Waals surface area contributed by atoms with E-state index in [1.165, 1.54) is 0 Å². The van der Waals surface area contributed by atoms with E-state index >= 15 is 0 Å². The van der Waals surface area contributed by atoms with E-state index in [0.29, 0.717) is 6.54 Å². The summed E-state index contributed by atoms with van der Waals surface area (Å²) in [5, 5.41) is 12.4. The van der Waals surface area contributed by atoms with Gasteiger partial charge in [-0.15, -0.1) is 0 Å². The molecule has 0 bridgehead atoms. The predicted octanol–water partition coefficient (Wildman–Crippen LogP) is 1.73. The van der Waals surface area contributed by atoms with Crippen LogP contribution < -0.4 is 5.32 Å². The third-order valence-corrected chi connectivity index (χ3v) is 1.88. The van der Waals surface area contributed by atoms with Gasteiger partial charge in [0.05, 0.1) is 18.6 Å². The van der Waals surface area contributed by atoms with Crippen molar-refractivity contribution in [3.05, 3.63) is 42.5 Å². The molecule has 0 radical (unpaired) electrons. The number of hydrogen-bond donors (Lipinski definition) is 3. The van der Waals surface area contributed by atoms with Gasteiger partial charge in [0.2, 0.25) is 0 Å². The number of nitrogens with one attached hydrogen (secondary N) is 2. The molecule has 0 atom stereocenters. The van der Waals surface area contributed by atoms with E-state index in [9.17, 15) is 5.11 Å². The Labute approximate surface area is 81.6 Å². The molecule has 2 rings (SSSR count). The van der Waals surface area contributed by atoms with Crippen LogP contribution in [0.5, 0.6) is 5.75 Å². The molecule has 1 heterocycles. The van der Waals surface area contributed by atoms with E-state index in [1.807, 2.05) is 6.07 Å². The zero-order chi connectivity index (χ0) is 9.80. The normalized spacial score (nSPS) is 10.0. The molecule has 72 valence electrons. The van der Waals surface area contributed by atoms with Crippen molar-refractivity contribution in [1.82, 2.24) is 9.97 Å².